The minimum atomic E-state index is -0.699. The molecular formula is C29H23ClN2O7. The molecule has 198 valence electrons. The second-order valence-electron chi connectivity index (χ2n) is 9.33. The summed E-state index contributed by atoms with van der Waals surface area (Å²) in [7, 11) is 0. The first kappa shape index (κ1) is 26.1. The number of hydrogen-bond acceptors (Lipinski definition) is 7. The molecule has 3 aromatic rings. The van der Waals surface area contributed by atoms with Gasteiger partial charge in [-0.05, 0) is 73.0 Å². The highest BCUT2D eigenvalue weighted by Crippen LogP contribution is 2.39. The minimum Gasteiger partial charge on any atom is -0.457 e. The molecule has 39 heavy (non-hydrogen) atoms. The number of furan rings is 1. The van der Waals surface area contributed by atoms with Crippen molar-refractivity contribution in [2.45, 2.75) is 13.3 Å². The number of Topliss-reactive ketones (excluding diaryl/α,β-unsaturated/α-hetero) is 1. The Balaban J connectivity index is 1.39. The largest absolute Gasteiger partial charge is 0.457 e. The van der Waals surface area contributed by atoms with Gasteiger partial charge in [0.15, 0.2) is 5.78 Å². The molecule has 0 unspecified atom stereocenters. The molecule has 3 amide bonds. The normalized spacial score (nSPS) is 20.1. The van der Waals surface area contributed by atoms with Crippen molar-refractivity contribution in [2.75, 3.05) is 6.54 Å². The van der Waals surface area contributed by atoms with Gasteiger partial charge < -0.3 is 9.15 Å². The average Bonchev–Trinajstić information content (AvgIpc) is 3.56. The Bertz CT molecular complexity index is 1460. The molecule has 1 saturated heterocycles. The van der Waals surface area contributed by atoms with E-state index < -0.39 is 47.9 Å². The lowest BCUT2D eigenvalue weighted by Crippen LogP contribution is -2.52. The highest BCUT2D eigenvalue weighted by molar-refractivity contribution is 6.30. The third-order valence-electron chi connectivity index (χ3n) is 6.82. The number of hydrogen-bond donors (Lipinski definition) is 0. The van der Waals surface area contributed by atoms with Crippen molar-refractivity contribution in [2.24, 2.45) is 17.8 Å². The number of halogens is 1. The predicted octanol–water partition coefficient (Wildman–Crippen LogP) is 4.59. The van der Waals surface area contributed by atoms with Crippen LogP contribution in [-0.2, 0) is 9.59 Å². The Labute approximate surface area is 228 Å². The van der Waals surface area contributed by atoms with Gasteiger partial charge >= 0.3 is 5.97 Å². The van der Waals surface area contributed by atoms with Gasteiger partial charge in [-0.2, -0.15) is 5.01 Å². The summed E-state index contributed by atoms with van der Waals surface area (Å²) >= 11 is 5.96. The van der Waals surface area contributed by atoms with Gasteiger partial charge in [0.1, 0.15) is 12.3 Å². The highest BCUT2D eigenvalue weighted by atomic mass is 35.5. The summed E-state index contributed by atoms with van der Waals surface area (Å²) in [6, 6.07) is 14.7. The van der Waals surface area contributed by atoms with Crippen LogP contribution in [0.15, 0.2) is 83.5 Å². The standard InChI is InChI=1S/C29H23ClN2O7/c1-17-4-2-5-22-25(17)28(36)32(27(22)35)31(26(34)19-7-11-20(30)12-8-19)16-23(33)18-9-13-21(14-10-18)39-29(37)24-6-3-15-38-24/h2-4,6-15,17,22,25H,5,16H2,1H3/t17-,22+,25+/m1/s1. The molecule has 2 heterocycles. The van der Waals surface area contributed by atoms with E-state index in [1.807, 2.05) is 19.1 Å². The molecule has 9 nitrogen and oxygen atoms in total. The smallest absolute Gasteiger partial charge is 0.379 e. The Morgan fingerprint density at radius 2 is 1.69 bits per heavy atom. The van der Waals surface area contributed by atoms with E-state index in [0.29, 0.717) is 11.4 Å². The maximum absolute atomic E-state index is 13.6. The Morgan fingerprint density at radius 3 is 2.33 bits per heavy atom. The molecule has 2 aromatic carbocycles. The van der Waals surface area contributed by atoms with Crippen LogP contribution in [0.5, 0.6) is 5.75 Å². The molecule has 10 heteroatoms. The first-order valence-corrected chi connectivity index (χ1v) is 12.6. The SMILES string of the molecule is C[C@@H]1C=CC[C@@H]2C(=O)N(N(CC(=O)c3ccc(OC(=O)c4ccco4)cc3)C(=O)c3ccc(Cl)cc3)C(=O)[C@@H]12. The minimum absolute atomic E-state index is 0.0246. The van der Waals surface area contributed by atoms with Crippen LogP contribution in [-0.4, -0.2) is 46.0 Å². The lowest BCUT2D eigenvalue weighted by atomic mass is 9.78. The summed E-state index contributed by atoms with van der Waals surface area (Å²) in [6.45, 7) is 1.28. The number of allylic oxidation sites excluding steroid dienone is 2. The van der Waals surface area contributed by atoms with E-state index in [9.17, 15) is 24.0 Å². The summed E-state index contributed by atoms with van der Waals surface area (Å²) in [5.74, 6) is -4.15. The monoisotopic (exact) mass is 546 g/mol. The van der Waals surface area contributed by atoms with Gasteiger partial charge in [-0.1, -0.05) is 30.7 Å². The maximum Gasteiger partial charge on any atom is 0.379 e. The van der Waals surface area contributed by atoms with Gasteiger partial charge in [0, 0.05) is 16.1 Å². The molecule has 1 aromatic heterocycles. The molecule has 0 radical (unpaired) electrons. The molecule has 0 saturated carbocycles. The fraction of sp³-hybridized carbons (Fsp3) is 0.207. The summed E-state index contributed by atoms with van der Waals surface area (Å²) in [6.07, 6.45) is 5.46. The first-order chi connectivity index (χ1) is 18.7. The third kappa shape index (κ3) is 5.13. The van der Waals surface area contributed by atoms with Crippen molar-refractivity contribution in [1.82, 2.24) is 10.0 Å². The van der Waals surface area contributed by atoms with Crippen LogP contribution in [0.4, 0.5) is 0 Å². The zero-order valence-electron chi connectivity index (χ0n) is 20.8. The molecule has 1 aliphatic heterocycles. The fourth-order valence-electron chi connectivity index (χ4n) is 4.83. The number of ether oxygens (including phenoxy) is 1. The van der Waals surface area contributed by atoms with Gasteiger partial charge in [-0.25, -0.2) is 9.80 Å². The number of imide groups is 1. The predicted molar refractivity (Wildman–Crippen MR) is 139 cm³/mol. The number of amides is 3. The van der Waals surface area contributed by atoms with Crippen molar-refractivity contribution in [1.29, 1.82) is 0 Å². The number of carbonyl (C=O) groups is 5. The van der Waals surface area contributed by atoms with Crippen LogP contribution in [0.1, 0.15) is 44.6 Å². The molecule has 5 rings (SSSR count). The molecule has 1 fully saturated rings. The van der Waals surface area contributed by atoms with Crippen LogP contribution >= 0.6 is 11.6 Å². The summed E-state index contributed by atoms with van der Waals surface area (Å²) < 4.78 is 10.2. The number of ketones is 1. The molecule has 0 spiro atoms. The zero-order chi connectivity index (χ0) is 27.7. The number of hydrazine groups is 1. The van der Waals surface area contributed by atoms with Crippen molar-refractivity contribution < 1.29 is 33.1 Å². The molecule has 2 aliphatic rings. The lowest BCUT2D eigenvalue weighted by molar-refractivity contribution is -0.154. The molecule has 0 N–H and O–H groups in total. The van der Waals surface area contributed by atoms with Crippen molar-refractivity contribution in [3.63, 3.8) is 0 Å². The topological polar surface area (TPSA) is 114 Å². The van der Waals surface area contributed by atoms with Crippen molar-refractivity contribution in [3.05, 3.63) is 101 Å². The van der Waals surface area contributed by atoms with E-state index in [1.54, 1.807) is 6.07 Å². The van der Waals surface area contributed by atoms with E-state index in [0.717, 1.165) is 10.0 Å². The molecule has 0 bridgehead atoms. The fourth-order valence-corrected chi connectivity index (χ4v) is 4.96. The number of benzene rings is 2. The van der Waals surface area contributed by atoms with Crippen LogP contribution < -0.4 is 4.74 Å². The second-order valence-corrected chi connectivity index (χ2v) is 9.76. The van der Waals surface area contributed by atoms with Crippen LogP contribution in [0.25, 0.3) is 0 Å². The summed E-state index contributed by atoms with van der Waals surface area (Å²) in [5, 5.41) is 2.14. The van der Waals surface area contributed by atoms with E-state index in [4.69, 9.17) is 20.8 Å². The average molecular weight is 547 g/mol. The quantitative estimate of drug-likeness (QED) is 0.140. The molecular weight excluding hydrogens is 524 g/mol. The summed E-state index contributed by atoms with van der Waals surface area (Å²) in [5.41, 5.74) is 0.349. The van der Waals surface area contributed by atoms with E-state index in [1.165, 1.54) is 60.9 Å². The van der Waals surface area contributed by atoms with E-state index in [-0.39, 0.29) is 28.6 Å². The maximum atomic E-state index is 13.6. The van der Waals surface area contributed by atoms with Crippen molar-refractivity contribution in [3.8, 4) is 5.75 Å². The molecule has 1 aliphatic carbocycles. The summed E-state index contributed by atoms with van der Waals surface area (Å²) in [4.78, 5) is 65.8. The number of nitrogens with zero attached hydrogens (tertiary/aromatic N) is 2. The van der Waals surface area contributed by atoms with Crippen LogP contribution in [0, 0.1) is 17.8 Å². The van der Waals surface area contributed by atoms with Gasteiger partial charge in [0.05, 0.1) is 18.1 Å². The van der Waals surface area contributed by atoms with Gasteiger partial charge in [0.25, 0.3) is 17.7 Å². The zero-order valence-corrected chi connectivity index (χ0v) is 21.5. The lowest BCUT2D eigenvalue weighted by Gasteiger charge is -2.30. The van der Waals surface area contributed by atoms with Crippen LogP contribution in [0.3, 0.4) is 0 Å². The number of rotatable bonds is 7. The Kier molecular flexibility index (Phi) is 7.17. The van der Waals surface area contributed by atoms with Gasteiger partial charge in [-0.3, -0.25) is 19.2 Å². The van der Waals surface area contributed by atoms with Crippen molar-refractivity contribution >= 4 is 41.1 Å². The van der Waals surface area contributed by atoms with E-state index >= 15 is 0 Å². The van der Waals surface area contributed by atoms with Crippen LogP contribution in [0.2, 0.25) is 5.02 Å². The van der Waals surface area contributed by atoms with Gasteiger partial charge in [-0.15, -0.1) is 0 Å². The highest BCUT2D eigenvalue weighted by Gasteiger charge is 2.53. The Hall–Kier alpha value is -4.50. The van der Waals surface area contributed by atoms with E-state index in [2.05, 4.69) is 0 Å². The molecule has 3 atom stereocenters. The second kappa shape index (κ2) is 10.7. The first-order valence-electron chi connectivity index (χ1n) is 12.3. The number of carbonyl (C=O) groups excluding carboxylic acids is 5. The number of fused-ring (bicyclic) bond motifs is 1. The number of esters is 1. The Morgan fingerprint density at radius 1 is 1.00 bits per heavy atom. The van der Waals surface area contributed by atoms with Gasteiger partial charge in [0.2, 0.25) is 5.76 Å². The third-order valence-corrected chi connectivity index (χ3v) is 7.07.